The van der Waals surface area contributed by atoms with Gasteiger partial charge in [-0.2, -0.15) is 0 Å². The number of ether oxygens (including phenoxy) is 1. The van der Waals surface area contributed by atoms with Crippen molar-refractivity contribution >= 4 is 0 Å². The summed E-state index contributed by atoms with van der Waals surface area (Å²) in [7, 11) is 0. The maximum absolute atomic E-state index is 9.72. The summed E-state index contributed by atoms with van der Waals surface area (Å²) in [6.45, 7) is 8.94. The van der Waals surface area contributed by atoms with E-state index in [1.165, 1.54) is 19.3 Å². The molecule has 5 unspecified atom stereocenters. The van der Waals surface area contributed by atoms with E-state index in [-0.39, 0.29) is 6.10 Å². The van der Waals surface area contributed by atoms with E-state index >= 15 is 0 Å². The maximum Gasteiger partial charge on any atom is 0.157 e. The number of hydrogen-bond donors (Lipinski definition) is 1. The summed E-state index contributed by atoms with van der Waals surface area (Å²) in [6, 6.07) is 0. The van der Waals surface area contributed by atoms with Crippen LogP contribution < -0.4 is 0 Å². The first kappa shape index (κ1) is 14.0. The van der Waals surface area contributed by atoms with Gasteiger partial charge in [0.1, 0.15) is 0 Å². The van der Waals surface area contributed by atoms with Gasteiger partial charge in [0.25, 0.3) is 0 Å². The Morgan fingerprint density at radius 2 is 2.00 bits per heavy atom. The van der Waals surface area contributed by atoms with Gasteiger partial charge in [0.2, 0.25) is 0 Å². The lowest BCUT2D eigenvalue weighted by molar-refractivity contribution is -0.106. The Labute approximate surface area is 100 Å². The van der Waals surface area contributed by atoms with Gasteiger partial charge in [0.05, 0.1) is 6.10 Å². The van der Waals surface area contributed by atoms with E-state index in [0.29, 0.717) is 11.8 Å². The summed E-state index contributed by atoms with van der Waals surface area (Å²) in [5, 5.41) is 9.72. The molecule has 0 radical (unpaired) electrons. The SMILES string of the molecule is CCCC(C)CC(C)CC1CC(C)OC1O. The van der Waals surface area contributed by atoms with E-state index in [1.807, 2.05) is 6.92 Å². The molecular formula is C14H28O2. The second kappa shape index (κ2) is 6.61. The van der Waals surface area contributed by atoms with E-state index in [1.54, 1.807) is 0 Å². The molecule has 0 saturated carbocycles. The average Bonchev–Trinajstić information content (AvgIpc) is 2.44. The van der Waals surface area contributed by atoms with Crippen molar-refractivity contribution in [2.45, 2.75) is 72.2 Å². The average molecular weight is 228 g/mol. The molecule has 0 spiro atoms. The smallest absolute Gasteiger partial charge is 0.157 e. The van der Waals surface area contributed by atoms with Gasteiger partial charge >= 0.3 is 0 Å². The van der Waals surface area contributed by atoms with Crippen molar-refractivity contribution in [3.8, 4) is 0 Å². The van der Waals surface area contributed by atoms with Crippen molar-refractivity contribution in [3.63, 3.8) is 0 Å². The Kier molecular flexibility index (Phi) is 5.77. The molecule has 5 atom stereocenters. The van der Waals surface area contributed by atoms with Gasteiger partial charge in [0.15, 0.2) is 6.29 Å². The van der Waals surface area contributed by atoms with E-state index in [2.05, 4.69) is 20.8 Å². The van der Waals surface area contributed by atoms with E-state index < -0.39 is 6.29 Å². The monoisotopic (exact) mass is 228 g/mol. The van der Waals surface area contributed by atoms with E-state index in [4.69, 9.17) is 4.74 Å². The van der Waals surface area contributed by atoms with Gasteiger partial charge < -0.3 is 9.84 Å². The van der Waals surface area contributed by atoms with Crippen molar-refractivity contribution in [1.29, 1.82) is 0 Å². The lowest BCUT2D eigenvalue weighted by atomic mass is 9.86. The lowest BCUT2D eigenvalue weighted by Crippen LogP contribution is -2.18. The van der Waals surface area contributed by atoms with Crippen molar-refractivity contribution in [1.82, 2.24) is 0 Å². The molecule has 1 aliphatic rings. The number of rotatable bonds is 6. The van der Waals surface area contributed by atoms with Crippen molar-refractivity contribution in [2.24, 2.45) is 17.8 Å². The van der Waals surface area contributed by atoms with Crippen LogP contribution in [0.2, 0.25) is 0 Å². The van der Waals surface area contributed by atoms with Crippen LogP contribution >= 0.6 is 0 Å². The Hall–Kier alpha value is -0.0800. The minimum atomic E-state index is -0.515. The molecule has 1 saturated heterocycles. The molecule has 0 amide bonds. The lowest BCUT2D eigenvalue weighted by Gasteiger charge is -2.21. The second-order valence-electron chi connectivity index (χ2n) is 5.80. The zero-order valence-corrected chi connectivity index (χ0v) is 11.3. The first-order valence-corrected chi connectivity index (χ1v) is 6.86. The third-order valence-corrected chi connectivity index (χ3v) is 3.70. The molecule has 1 rings (SSSR count). The van der Waals surface area contributed by atoms with Crippen LogP contribution in [0.25, 0.3) is 0 Å². The predicted octanol–water partition coefficient (Wildman–Crippen LogP) is 3.58. The van der Waals surface area contributed by atoms with Crippen LogP contribution in [0, 0.1) is 17.8 Å². The highest BCUT2D eigenvalue weighted by molar-refractivity contribution is 4.76. The molecule has 0 aromatic rings. The van der Waals surface area contributed by atoms with Crippen LogP contribution in [0.15, 0.2) is 0 Å². The minimum absolute atomic E-state index is 0.236. The van der Waals surface area contributed by atoms with Crippen LogP contribution in [-0.4, -0.2) is 17.5 Å². The van der Waals surface area contributed by atoms with Crippen LogP contribution in [0.5, 0.6) is 0 Å². The third-order valence-electron chi connectivity index (χ3n) is 3.70. The van der Waals surface area contributed by atoms with Gasteiger partial charge in [-0.3, -0.25) is 0 Å². The van der Waals surface area contributed by atoms with Crippen molar-refractivity contribution < 1.29 is 9.84 Å². The third kappa shape index (κ3) is 4.42. The first-order valence-electron chi connectivity index (χ1n) is 6.86. The normalized spacial score (nSPS) is 33.9. The summed E-state index contributed by atoms with van der Waals surface area (Å²) < 4.78 is 5.38. The van der Waals surface area contributed by atoms with Crippen LogP contribution in [0.1, 0.15) is 59.8 Å². The summed E-state index contributed by atoms with van der Waals surface area (Å²) in [5.41, 5.74) is 0. The van der Waals surface area contributed by atoms with Crippen molar-refractivity contribution in [3.05, 3.63) is 0 Å². The fourth-order valence-corrected chi connectivity index (χ4v) is 3.07. The Morgan fingerprint density at radius 3 is 2.50 bits per heavy atom. The fourth-order valence-electron chi connectivity index (χ4n) is 3.07. The van der Waals surface area contributed by atoms with Crippen LogP contribution in [-0.2, 0) is 4.74 Å². The van der Waals surface area contributed by atoms with Crippen molar-refractivity contribution in [2.75, 3.05) is 0 Å². The maximum atomic E-state index is 9.72. The molecule has 0 aromatic carbocycles. The number of aliphatic hydroxyl groups excluding tert-OH is 1. The fraction of sp³-hybridized carbons (Fsp3) is 1.00. The van der Waals surface area contributed by atoms with Gasteiger partial charge in [0, 0.05) is 5.92 Å². The van der Waals surface area contributed by atoms with Crippen LogP contribution in [0.4, 0.5) is 0 Å². The standard InChI is InChI=1S/C14H28O2/c1-5-6-10(2)7-11(3)8-13-9-12(4)16-14(13)15/h10-15H,5-9H2,1-4H3. The quantitative estimate of drug-likeness (QED) is 0.753. The van der Waals surface area contributed by atoms with Gasteiger partial charge in [-0.15, -0.1) is 0 Å². The highest BCUT2D eigenvalue weighted by atomic mass is 16.6. The highest BCUT2D eigenvalue weighted by Gasteiger charge is 2.32. The highest BCUT2D eigenvalue weighted by Crippen LogP contribution is 2.32. The molecule has 1 aliphatic heterocycles. The molecule has 16 heavy (non-hydrogen) atoms. The largest absolute Gasteiger partial charge is 0.368 e. The van der Waals surface area contributed by atoms with Gasteiger partial charge in [-0.25, -0.2) is 0 Å². The molecule has 2 heteroatoms. The Morgan fingerprint density at radius 1 is 1.31 bits per heavy atom. The molecular weight excluding hydrogens is 200 g/mol. The van der Waals surface area contributed by atoms with E-state index in [9.17, 15) is 5.11 Å². The molecule has 2 nitrogen and oxygen atoms in total. The molecule has 96 valence electrons. The molecule has 1 N–H and O–H groups in total. The molecule has 0 aliphatic carbocycles. The van der Waals surface area contributed by atoms with Gasteiger partial charge in [-0.05, 0) is 38.0 Å². The summed E-state index contributed by atoms with van der Waals surface area (Å²) in [6.07, 6.45) is 5.74. The molecule has 1 fully saturated rings. The summed E-state index contributed by atoms with van der Waals surface area (Å²) >= 11 is 0. The first-order chi connectivity index (χ1) is 7.52. The predicted molar refractivity (Wildman–Crippen MR) is 67.1 cm³/mol. The number of hydrogen-bond acceptors (Lipinski definition) is 2. The second-order valence-corrected chi connectivity index (χ2v) is 5.80. The Balaban J connectivity index is 2.25. The van der Waals surface area contributed by atoms with E-state index in [0.717, 1.165) is 18.8 Å². The minimum Gasteiger partial charge on any atom is -0.368 e. The molecule has 0 aromatic heterocycles. The van der Waals surface area contributed by atoms with Gasteiger partial charge in [-0.1, -0.05) is 33.6 Å². The molecule has 1 heterocycles. The molecule has 0 bridgehead atoms. The number of aliphatic hydroxyl groups is 1. The topological polar surface area (TPSA) is 29.5 Å². The zero-order valence-electron chi connectivity index (χ0n) is 11.3. The summed E-state index contributed by atoms with van der Waals surface area (Å²) in [4.78, 5) is 0. The van der Waals surface area contributed by atoms with Crippen LogP contribution in [0.3, 0.4) is 0 Å². The zero-order chi connectivity index (χ0) is 12.1. The Bertz CT molecular complexity index is 193. The summed E-state index contributed by atoms with van der Waals surface area (Å²) in [5.74, 6) is 1.88.